The van der Waals surface area contributed by atoms with Crippen molar-refractivity contribution in [1.82, 2.24) is 30.1 Å². The maximum Gasteiger partial charge on any atom is 0.252 e. The number of rotatable bonds is 8. The van der Waals surface area contributed by atoms with E-state index in [-0.39, 0.29) is 17.1 Å². The quantitative estimate of drug-likeness (QED) is 0.397. The Balaban J connectivity index is 1.80. The molecule has 2 heterocycles. The van der Waals surface area contributed by atoms with Crippen molar-refractivity contribution in [2.75, 3.05) is 7.11 Å². The highest BCUT2D eigenvalue weighted by Gasteiger charge is 2.30. The third-order valence-electron chi connectivity index (χ3n) is 6.27. The zero-order valence-corrected chi connectivity index (χ0v) is 21.4. The summed E-state index contributed by atoms with van der Waals surface area (Å²) < 4.78 is 7.51. The van der Waals surface area contributed by atoms with Crippen LogP contribution in [0.15, 0.2) is 53.3 Å². The molecule has 2 aromatic heterocycles. The van der Waals surface area contributed by atoms with Gasteiger partial charge in [0.1, 0.15) is 5.75 Å². The Hall–Kier alpha value is -3.52. The maximum absolute atomic E-state index is 13.1. The number of aryl methyl sites for hydroxylation is 1. The Labute approximate surface area is 205 Å². The number of ether oxygens (including phenoxy) is 1. The number of benzene rings is 2. The fourth-order valence-electron chi connectivity index (χ4n) is 4.52. The fourth-order valence-corrected chi connectivity index (χ4v) is 4.52. The van der Waals surface area contributed by atoms with E-state index in [0.717, 1.165) is 40.0 Å². The lowest BCUT2D eigenvalue weighted by Gasteiger charge is -2.32. The standard InChI is InChI=1S/C27H34N6O2/c1-7-23(25-29-30-31-33(25)27(3,4)5)32(16-19-10-8-9-11-24(19)35-6)17-21-15-20-14-18(2)12-13-22(20)28-26(21)34/h8-15,23H,7,16-17H2,1-6H3,(H,28,34). The van der Waals surface area contributed by atoms with Gasteiger partial charge in [0.05, 0.1) is 18.7 Å². The molecule has 0 radical (unpaired) electrons. The van der Waals surface area contributed by atoms with Crippen LogP contribution >= 0.6 is 0 Å². The molecule has 8 nitrogen and oxygen atoms in total. The normalized spacial score (nSPS) is 12.9. The van der Waals surface area contributed by atoms with Gasteiger partial charge < -0.3 is 9.72 Å². The van der Waals surface area contributed by atoms with E-state index < -0.39 is 0 Å². The van der Waals surface area contributed by atoms with E-state index in [1.807, 2.05) is 41.1 Å². The van der Waals surface area contributed by atoms with Crippen LogP contribution in [0.3, 0.4) is 0 Å². The van der Waals surface area contributed by atoms with Gasteiger partial charge in [-0.15, -0.1) is 5.10 Å². The van der Waals surface area contributed by atoms with Crippen LogP contribution in [0.2, 0.25) is 0 Å². The first-order valence-corrected chi connectivity index (χ1v) is 12.0. The molecule has 35 heavy (non-hydrogen) atoms. The van der Waals surface area contributed by atoms with Crippen LogP contribution < -0.4 is 10.3 Å². The number of fused-ring (bicyclic) bond motifs is 1. The molecular formula is C27H34N6O2. The van der Waals surface area contributed by atoms with Crippen LogP contribution in [0.1, 0.15) is 62.7 Å². The highest BCUT2D eigenvalue weighted by molar-refractivity contribution is 5.79. The Morgan fingerprint density at radius 1 is 1.09 bits per heavy atom. The Bertz CT molecular complexity index is 1370. The highest BCUT2D eigenvalue weighted by atomic mass is 16.5. The van der Waals surface area contributed by atoms with Crippen LogP contribution in [-0.2, 0) is 18.6 Å². The van der Waals surface area contributed by atoms with Crippen molar-refractivity contribution in [3.05, 3.63) is 81.4 Å². The van der Waals surface area contributed by atoms with Gasteiger partial charge in [-0.1, -0.05) is 36.8 Å². The molecule has 0 spiro atoms. The number of pyridine rings is 1. The molecule has 0 fully saturated rings. The second-order valence-electron chi connectivity index (χ2n) is 9.97. The lowest BCUT2D eigenvalue weighted by atomic mass is 10.0. The van der Waals surface area contributed by atoms with Gasteiger partial charge in [0.25, 0.3) is 5.56 Å². The molecule has 8 heteroatoms. The Morgan fingerprint density at radius 3 is 2.54 bits per heavy atom. The predicted octanol–water partition coefficient (Wildman–Crippen LogP) is 4.74. The van der Waals surface area contributed by atoms with Gasteiger partial charge in [0.2, 0.25) is 0 Å². The van der Waals surface area contributed by atoms with Crippen molar-refractivity contribution in [3.8, 4) is 5.75 Å². The third-order valence-corrected chi connectivity index (χ3v) is 6.27. The molecular weight excluding hydrogens is 440 g/mol. The summed E-state index contributed by atoms with van der Waals surface area (Å²) >= 11 is 0. The molecule has 0 saturated heterocycles. The number of aromatic nitrogens is 5. The fraction of sp³-hybridized carbons (Fsp3) is 0.407. The molecule has 4 aromatic rings. The van der Waals surface area contributed by atoms with Crippen LogP contribution in [0.25, 0.3) is 10.9 Å². The summed E-state index contributed by atoms with van der Waals surface area (Å²) in [5.41, 5.74) is 3.36. The van der Waals surface area contributed by atoms with Gasteiger partial charge in [0.15, 0.2) is 5.82 Å². The molecule has 0 aliphatic carbocycles. The van der Waals surface area contributed by atoms with Crippen molar-refractivity contribution >= 4 is 10.9 Å². The first-order chi connectivity index (χ1) is 16.7. The summed E-state index contributed by atoms with van der Waals surface area (Å²) in [6, 6.07) is 15.9. The minimum absolute atomic E-state index is 0.0864. The smallest absolute Gasteiger partial charge is 0.252 e. The van der Waals surface area contributed by atoms with E-state index in [1.54, 1.807) is 7.11 Å². The zero-order valence-electron chi connectivity index (χ0n) is 21.4. The molecule has 184 valence electrons. The number of hydrogen-bond acceptors (Lipinski definition) is 6. The molecule has 0 bridgehead atoms. The van der Waals surface area contributed by atoms with Crippen LogP contribution in [0, 0.1) is 6.92 Å². The average molecular weight is 475 g/mol. The lowest BCUT2D eigenvalue weighted by molar-refractivity contribution is 0.152. The van der Waals surface area contributed by atoms with Crippen LogP contribution in [0.4, 0.5) is 0 Å². The second kappa shape index (κ2) is 10.00. The van der Waals surface area contributed by atoms with Crippen molar-refractivity contribution in [2.24, 2.45) is 0 Å². The monoisotopic (exact) mass is 474 g/mol. The lowest BCUT2D eigenvalue weighted by Crippen LogP contribution is -2.35. The number of tetrazole rings is 1. The van der Waals surface area contributed by atoms with Gasteiger partial charge in [0, 0.05) is 29.7 Å². The van der Waals surface area contributed by atoms with Crippen molar-refractivity contribution in [3.63, 3.8) is 0 Å². The first-order valence-electron chi connectivity index (χ1n) is 12.0. The molecule has 0 aliphatic rings. The van der Waals surface area contributed by atoms with Crippen LogP contribution in [0.5, 0.6) is 5.75 Å². The van der Waals surface area contributed by atoms with Crippen molar-refractivity contribution in [2.45, 2.75) is 65.7 Å². The van der Waals surface area contributed by atoms with Gasteiger partial charge in [-0.25, -0.2) is 4.68 Å². The number of methoxy groups -OCH3 is 1. The molecule has 0 saturated carbocycles. The van der Waals surface area contributed by atoms with E-state index >= 15 is 0 Å². The minimum atomic E-state index is -0.277. The van der Waals surface area contributed by atoms with Gasteiger partial charge in [-0.3, -0.25) is 9.69 Å². The summed E-state index contributed by atoms with van der Waals surface area (Å²) in [5, 5.41) is 13.7. The summed E-state index contributed by atoms with van der Waals surface area (Å²) in [7, 11) is 1.68. The van der Waals surface area contributed by atoms with Gasteiger partial charge in [-0.05, 0) is 74.2 Å². The highest BCUT2D eigenvalue weighted by Crippen LogP contribution is 2.31. The van der Waals surface area contributed by atoms with E-state index in [9.17, 15) is 4.79 Å². The maximum atomic E-state index is 13.1. The first kappa shape index (κ1) is 24.6. The van der Waals surface area contributed by atoms with Crippen molar-refractivity contribution < 1.29 is 4.74 Å². The molecule has 1 N–H and O–H groups in total. The predicted molar refractivity (Wildman–Crippen MR) is 137 cm³/mol. The molecule has 1 atom stereocenters. The Kier molecular flexibility index (Phi) is 7.03. The SMILES string of the molecule is CCC(c1nnnn1C(C)(C)C)N(Cc1ccccc1OC)Cc1cc2cc(C)ccc2[nH]c1=O. The molecule has 0 aliphatic heterocycles. The van der Waals surface area contributed by atoms with Gasteiger partial charge in [-0.2, -0.15) is 0 Å². The van der Waals surface area contributed by atoms with Crippen LogP contribution in [-0.4, -0.2) is 37.2 Å². The number of hydrogen-bond donors (Lipinski definition) is 1. The number of para-hydroxylation sites is 1. The van der Waals surface area contributed by atoms with E-state index in [2.05, 4.69) is 72.2 Å². The summed E-state index contributed by atoms with van der Waals surface area (Å²) in [4.78, 5) is 18.4. The number of aromatic amines is 1. The summed E-state index contributed by atoms with van der Waals surface area (Å²) in [6.45, 7) is 11.4. The van der Waals surface area contributed by atoms with E-state index in [4.69, 9.17) is 4.74 Å². The topological polar surface area (TPSA) is 88.9 Å². The largest absolute Gasteiger partial charge is 0.496 e. The molecule has 0 amide bonds. The third kappa shape index (κ3) is 5.27. The van der Waals surface area contributed by atoms with E-state index in [0.29, 0.717) is 18.7 Å². The van der Waals surface area contributed by atoms with Crippen molar-refractivity contribution in [1.29, 1.82) is 0 Å². The number of nitrogens with one attached hydrogen (secondary N) is 1. The summed E-state index contributed by atoms with van der Waals surface area (Å²) in [6.07, 6.45) is 0.774. The average Bonchev–Trinajstić information content (AvgIpc) is 3.31. The molecule has 4 rings (SSSR count). The number of nitrogens with zero attached hydrogens (tertiary/aromatic N) is 5. The minimum Gasteiger partial charge on any atom is -0.496 e. The Morgan fingerprint density at radius 2 is 1.83 bits per heavy atom. The number of H-pyrrole nitrogens is 1. The van der Waals surface area contributed by atoms with E-state index in [1.165, 1.54) is 0 Å². The van der Waals surface area contributed by atoms with Gasteiger partial charge >= 0.3 is 0 Å². The molecule has 2 aromatic carbocycles. The zero-order chi connectivity index (χ0) is 25.2. The second-order valence-corrected chi connectivity index (χ2v) is 9.97. The summed E-state index contributed by atoms with van der Waals surface area (Å²) in [5.74, 6) is 1.59. The molecule has 1 unspecified atom stereocenters.